The Morgan fingerprint density at radius 2 is 1.52 bits per heavy atom. The highest BCUT2D eigenvalue weighted by Crippen LogP contribution is 2.52. The van der Waals surface area contributed by atoms with Crippen LogP contribution < -0.4 is 15.5 Å². The highest BCUT2D eigenvalue weighted by Gasteiger charge is 2.56. The standard InChI is InChI=1S/C53H68FN9O4/c1-32(2)56-49(64)40-28-44(42(54)24-34(40)5)58-48-47-45(55-31-62(47)33(3)4)29-43(57-48)36-14-15-41-46(25-36)63(39-26-38(27-39)59-19-10-7-11-20-59)52(67)53(41)17-22-60(23-18-53)51(66)37-16-21-61(30-37)50(65)35-12-8-6-9-13-35/h14-15,24-25,28-29,31-33,35,37-39H,6-13,16-23,26-27,30H2,1-5H3,(H,56,64)(H,57,58)/t37-,38?,39?/m1/s1. The average molecular weight is 914 g/mol. The number of hydrogen-bond acceptors (Lipinski definition) is 8. The molecule has 5 fully saturated rings. The second kappa shape index (κ2) is 18.3. The molecule has 4 amide bonds. The number of amides is 4. The summed E-state index contributed by atoms with van der Waals surface area (Å²) in [7, 11) is 0. The molecule has 10 rings (SSSR count). The lowest BCUT2D eigenvalue weighted by Gasteiger charge is -2.48. The maximum absolute atomic E-state index is 15.9. The third kappa shape index (κ3) is 8.39. The van der Waals surface area contributed by atoms with Crippen molar-refractivity contribution < 1.29 is 23.6 Å². The Bertz CT molecular complexity index is 2560. The minimum Gasteiger partial charge on any atom is -0.350 e. The molecule has 6 aliphatic rings. The lowest BCUT2D eigenvalue weighted by molar-refractivity contribution is -0.140. The van der Waals surface area contributed by atoms with Gasteiger partial charge in [-0.1, -0.05) is 37.8 Å². The SMILES string of the molecule is Cc1cc(F)c(Nc2nc(-c3ccc4c(c3)N(C3CC(N5CCCCC5)C3)C(=O)C43CCN(C(=O)[C@@H]4CCN(C(=O)C5CCCCC5)C4)CC3)cc3ncn(C(C)C)c23)cc1C(=O)NC(C)C. The largest absolute Gasteiger partial charge is 0.350 e. The zero-order valence-electron chi connectivity index (χ0n) is 40.1. The molecule has 0 bridgehead atoms. The molecule has 14 heteroatoms. The van der Waals surface area contributed by atoms with Crippen LogP contribution in [0.5, 0.6) is 0 Å². The number of fused-ring (bicyclic) bond motifs is 3. The lowest BCUT2D eigenvalue weighted by Crippen LogP contribution is -2.58. The topological polar surface area (TPSA) is 136 Å². The number of hydrogen-bond donors (Lipinski definition) is 2. The van der Waals surface area contributed by atoms with E-state index in [1.54, 1.807) is 19.3 Å². The zero-order chi connectivity index (χ0) is 46.7. The second-order valence-electron chi connectivity index (χ2n) is 21.2. The number of likely N-dealkylation sites (tertiary alicyclic amines) is 3. The first kappa shape index (κ1) is 45.4. The molecular formula is C53H68FN9O4. The number of nitrogens with zero attached hydrogens (tertiary/aromatic N) is 7. The van der Waals surface area contributed by atoms with Crippen LogP contribution in [-0.4, -0.2) is 110 Å². The lowest BCUT2D eigenvalue weighted by atomic mass is 9.73. The van der Waals surface area contributed by atoms with E-state index in [9.17, 15) is 14.4 Å². The van der Waals surface area contributed by atoms with Gasteiger partial charge in [0, 0.05) is 73.1 Å². The minimum absolute atomic E-state index is 0.0328. The monoisotopic (exact) mass is 914 g/mol. The summed E-state index contributed by atoms with van der Waals surface area (Å²) in [6, 6.07) is 11.6. The number of nitrogens with one attached hydrogen (secondary N) is 2. The molecule has 2 saturated carbocycles. The molecule has 2 N–H and O–H groups in total. The summed E-state index contributed by atoms with van der Waals surface area (Å²) < 4.78 is 17.9. The molecule has 4 aliphatic heterocycles. The summed E-state index contributed by atoms with van der Waals surface area (Å²) >= 11 is 0. The summed E-state index contributed by atoms with van der Waals surface area (Å²) in [5, 5.41) is 6.21. The summed E-state index contributed by atoms with van der Waals surface area (Å²) in [6.45, 7) is 14.0. The van der Waals surface area contributed by atoms with Crippen LogP contribution >= 0.6 is 0 Å². The van der Waals surface area contributed by atoms with E-state index in [1.165, 1.54) is 31.7 Å². The van der Waals surface area contributed by atoms with Crippen LogP contribution in [0.4, 0.5) is 21.6 Å². The maximum atomic E-state index is 15.9. The number of aryl methyl sites for hydroxylation is 1. The van der Waals surface area contributed by atoms with E-state index < -0.39 is 11.2 Å². The van der Waals surface area contributed by atoms with E-state index in [4.69, 9.17) is 9.97 Å². The van der Waals surface area contributed by atoms with Gasteiger partial charge in [-0.2, -0.15) is 0 Å². The van der Waals surface area contributed by atoms with Gasteiger partial charge >= 0.3 is 0 Å². The Morgan fingerprint density at radius 1 is 0.806 bits per heavy atom. The van der Waals surface area contributed by atoms with Gasteiger partial charge in [-0.25, -0.2) is 14.4 Å². The highest BCUT2D eigenvalue weighted by molar-refractivity contribution is 6.09. The molecule has 67 heavy (non-hydrogen) atoms. The number of imidazole rings is 1. The fourth-order valence-electron chi connectivity index (χ4n) is 12.3. The maximum Gasteiger partial charge on any atom is 0.251 e. The van der Waals surface area contributed by atoms with E-state index in [1.807, 2.05) is 40.3 Å². The fourth-order valence-corrected chi connectivity index (χ4v) is 12.3. The van der Waals surface area contributed by atoms with Crippen molar-refractivity contribution in [1.29, 1.82) is 0 Å². The van der Waals surface area contributed by atoms with Gasteiger partial charge in [0.2, 0.25) is 17.7 Å². The number of rotatable bonds is 10. The molecule has 2 aromatic heterocycles. The molecule has 356 valence electrons. The van der Waals surface area contributed by atoms with Gasteiger partial charge in [0.15, 0.2) is 5.82 Å². The van der Waals surface area contributed by atoms with Crippen molar-refractivity contribution in [3.05, 3.63) is 65.2 Å². The van der Waals surface area contributed by atoms with Crippen LogP contribution in [0.15, 0.2) is 42.7 Å². The van der Waals surface area contributed by atoms with Crippen molar-refractivity contribution in [3.8, 4) is 11.3 Å². The van der Waals surface area contributed by atoms with Crippen LogP contribution in [0.2, 0.25) is 0 Å². The van der Waals surface area contributed by atoms with Gasteiger partial charge in [0.25, 0.3) is 5.91 Å². The van der Waals surface area contributed by atoms with Crippen molar-refractivity contribution in [1.82, 2.24) is 34.6 Å². The van der Waals surface area contributed by atoms with Crippen molar-refractivity contribution in [2.75, 3.05) is 49.5 Å². The van der Waals surface area contributed by atoms with E-state index in [2.05, 4.69) is 46.4 Å². The van der Waals surface area contributed by atoms with Gasteiger partial charge in [-0.15, -0.1) is 0 Å². The fraction of sp³-hybridized carbons (Fsp3) is 0.585. The van der Waals surface area contributed by atoms with Crippen molar-refractivity contribution in [2.24, 2.45) is 11.8 Å². The first-order valence-corrected chi connectivity index (χ1v) is 25.4. The number of anilines is 3. The van der Waals surface area contributed by atoms with E-state index in [-0.39, 0.29) is 59.3 Å². The van der Waals surface area contributed by atoms with Gasteiger partial charge in [-0.3, -0.25) is 19.2 Å². The Morgan fingerprint density at radius 3 is 2.24 bits per heavy atom. The van der Waals surface area contributed by atoms with Crippen LogP contribution in [0.25, 0.3) is 22.3 Å². The Labute approximate surface area is 394 Å². The minimum atomic E-state index is -0.748. The third-order valence-electron chi connectivity index (χ3n) is 16.1. The summed E-state index contributed by atoms with van der Waals surface area (Å²) in [5.41, 5.74) is 5.04. The van der Waals surface area contributed by atoms with Crippen LogP contribution in [0, 0.1) is 24.6 Å². The van der Waals surface area contributed by atoms with Crippen LogP contribution in [0.1, 0.15) is 139 Å². The molecule has 0 unspecified atom stereocenters. The number of carbonyl (C=O) groups excluding carboxylic acids is 4. The van der Waals surface area contributed by atoms with Crippen LogP contribution in [-0.2, 0) is 19.8 Å². The number of carbonyl (C=O) groups is 4. The molecule has 2 aromatic carbocycles. The van der Waals surface area contributed by atoms with E-state index in [0.717, 1.165) is 68.4 Å². The molecule has 1 atom stereocenters. The van der Waals surface area contributed by atoms with E-state index in [0.29, 0.717) is 85.2 Å². The third-order valence-corrected chi connectivity index (χ3v) is 16.1. The van der Waals surface area contributed by atoms with Gasteiger partial charge in [0.1, 0.15) is 11.3 Å². The van der Waals surface area contributed by atoms with Crippen molar-refractivity contribution in [2.45, 2.75) is 148 Å². The predicted molar refractivity (Wildman–Crippen MR) is 259 cm³/mol. The number of piperidine rings is 2. The van der Waals surface area contributed by atoms with Gasteiger partial charge < -0.3 is 34.8 Å². The first-order valence-electron chi connectivity index (χ1n) is 25.4. The molecule has 13 nitrogen and oxygen atoms in total. The van der Waals surface area contributed by atoms with Gasteiger partial charge in [-0.05, 0) is 141 Å². The van der Waals surface area contributed by atoms with Gasteiger partial charge in [0.05, 0.1) is 34.6 Å². The molecule has 1 spiro atoms. The normalized spacial score (nSPS) is 23.4. The summed E-state index contributed by atoms with van der Waals surface area (Å²) in [5.74, 6) is 0.00580. The molecule has 3 saturated heterocycles. The molecule has 2 aliphatic carbocycles. The average Bonchev–Trinajstić information content (AvgIpc) is 4.04. The van der Waals surface area contributed by atoms with E-state index >= 15 is 9.18 Å². The molecular weight excluding hydrogens is 846 g/mol. The Kier molecular flexibility index (Phi) is 12.4. The molecule has 4 aromatic rings. The highest BCUT2D eigenvalue weighted by atomic mass is 19.1. The molecule has 0 radical (unpaired) electrons. The van der Waals surface area contributed by atoms with Crippen molar-refractivity contribution in [3.63, 3.8) is 0 Å². The molecule has 6 heterocycles. The smallest absolute Gasteiger partial charge is 0.251 e. The summed E-state index contributed by atoms with van der Waals surface area (Å²) in [6.07, 6.45) is 14.5. The number of benzene rings is 2. The Balaban J connectivity index is 0.954. The number of halogens is 1. The quantitative estimate of drug-likeness (QED) is 0.162. The van der Waals surface area contributed by atoms with Crippen LogP contribution in [0.3, 0.4) is 0 Å². The number of aromatic nitrogens is 3. The Hall–Kier alpha value is -5.37. The number of pyridine rings is 1. The first-order chi connectivity index (χ1) is 32.3. The summed E-state index contributed by atoms with van der Waals surface area (Å²) in [4.78, 5) is 74.6. The predicted octanol–water partition coefficient (Wildman–Crippen LogP) is 8.66. The zero-order valence-corrected chi connectivity index (χ0v) is 40.1. The second-order valence-corrected chi connectivity index (χ2v) is 21.2. The van der Waals surface area contributed by atoms with Crippen molar-refractivity contribution >= 4 is 51.9 Å².